The standard InChI is InChI=1S/C18H19N5O2S2/c1-4-23-16(25)14(10-19-13-8-6-5-7-9-13)26-18(23)22-21-17-20-11(2)15(27-17)12(3)24/h5-10,25H,4H2,1-3H3,(H,20,21). The van der Waals surface area contributed by atoms with Gasteiger partial charge in [-0.05, 0) is 26.0 Å². The molecule has 0 bridgehead atoms. The van der Waals surface area contributed by atoms with Crippen molar-refractivity contribution in [2.24, 2.45) is 10.1 Å². The van der Waals surface area contributed by atoms with Gasteiger partial charge >= 0.3 is 0 Å². The second kappa shape index (κ2) is 8.28. The van der Waals surface area contributed by atoms with E-state index < -0.39 is 0 Å². The fraction of sp³-hybridized carbons (Fsp3) is 0.222. The minimum Gasteiger partial charge on any atom is -0.493 e. The maximum Gasteiger partial charge on any atom is 0.212 e. The normalized spacial score (nSPS) is 12.0. The number of carbonyl (C=O) groups is 1. The molecule has 2 aromatic heterocycles. The number of aromatic nitrogens is 2. The number of nitrogens with zero attached hydrogens (tertiary/aromatic N) is 4. The number of hydrogen-bond donors (Lipinski definition) is 2. The minimum absolute atomic E-state index is 0.0187. The Morgan fingerprint density at radius 3 is 2.70 bits per heavy atom. The van der Waals surface area contributed by atoms with Crippen molar-refractivity contribution in [2.45, 2.75) is 27.3 Å². The molecule has 9 heteroatoms. The molecular weight excluding hydrogens is 382 g/mol. The molecule has 0 saturated carbocycles. The van der Waals surface area contributed by atoms with Crippen LogP contribution in [0.15, 0.2) is 40.4 Å². The van der Waals surface area contributed by atoms with Gasteiger partial charge in [0, 0.05) is 13.5 Å². The quantitative estimate of drug-likeness (QED) is 0.372. The maximum absolute atomic E-state index is 11.6. The van der Waals surface area contributed by atoms with Gasteiger partial charge in [-0.15, -0.1) is 5.10 Å². The summed E-state index contributed by atoms with van der Waals surface area (Å²) >= 11 is 2.57. The molecular formula is C18H19N5O2S2. The molecule has 0 radical (unpaired) electrons. The molecule has 0 aliphatic heterocycles. The fourth-order valence-corrected chi connectivity index (χ4v) is 4.11. The van der Waals surface area contributed by atoms with Crippen LogP contribution in [-0.2, 0) is 6.54 Å². The Hall–Kier alpha value is -2.78. The van der Waals surface area contributed by atoms with Crippen molar-refractivity contribution in [3.8, 4) is 5.88 Å². The summed E-state index contributed by atoms with van der Waals surface area (Å²) in [5.74, 6) is 0.0947. The van der Waals surface area contributed by atoms with E-state index in [2.05, 4.69) is 20.5 Å². The summed E-state index contributed by atoms with van der Waals surface area (Å²) < 4.78 is 1.68. The second-order valence-corrected chi connectivity index (χ2v) is 7.63. The van der Waals surface area contributed by atoms with Crippen LogP contribution in [0.5, 0.6) is 5.88 Å². The fourth-order valence-electron chi connectivity index (χ4n) is 2.39. The van der Waals surface area contributed by atoms with Crippen molar-refractivity contribution >= 4 is 45.5 Å². The van der Waals surface area contributed by atoms with Crippen molar-refractivity contribution in [2.75, 3.05) is 5.43 Å². The zero-order chi connectivity index (χ0) is 19.4. The van der Waals surface area contributed by atoms with Crippen LogP contribution in [0.3, 0.4) is 0 Å². The average molecular weight is 402 g/mol. The molecule has 0 aliphatic carbocycles. The molecule has 0 spiro atoms. The number of aromatic hydroxyl groups is 1. The van der Waals surface area contributed by atoms with Crippen LogP contribution >= 0.6 is 22.7 Å². The number of rotatable bonds is 6. The highest BCUT2D eigenvalue weighted by Gasteiger charge is 2.12. The maximum atomic E-state index is 11.6. The van der Waals surface area contributed by atoms with Crippen LogP contribution in [-0.4, -0.2) is 26.7 Å². The number of anilines is 1. The first-order chi connectivity index (χ1) is 13.0. The zero-order valence-corrected chi connectivity index (χ0v) is 16.8. The summed E-state index contributed by atoms with van der Waals surface area (Å²) in [6.07, 6.45) is 1.63. The lowest BCUT2D eigenvalue weighted by Gasteiger charge is -1.99. The van der Waals surface area contributed by atoms with E-state index in [1.807, 2.05) is 37.3 Å². The van der Waals surface area contributed by atoms with Crippen LogP contribution in [0, 0.1) is 6.92 Å². The van der Waals surface area contributed by atoms with Crippen LogP contribution < -0.4 is 10.2 Å². The van der Waals surface area contributed by atoms with E-state index in [-0.39, 0.29) is 11.7 Å². The van der Waals surface area contributed by atoms with Gasteiger partial charge in [0.25, 0.3) is 0 Å². The third-order valence-corrected chi connectivity index (χ3v) is 5.84. The predicted octanol–water partition coefficient (Wildman–Crippen LogP) is 3.92. The number of aryl methyl sites for hydroxylation is 1. The van der Waals surface area contributed by atoms with E-state index in [1.54, 1.807) is 17.7 Å². The minimum atomic E-state index is -0.0187. The van der Waals surface area contributed by atoms with Gasteiger partial charge in [-0.3, -0.25) is 14.4 Å². The number of ketones is 1. The van der Waals surface area contributed by atoms with Crippen LogP contribution in [0.4, 0.5) is 10.8 Å². The molecule has 2 N–H and O–H groups in total. The number of nitrogens with one attached hydrogen (secondary N) is 1. The molecule has 3 aromatic rings. The Morgan fingerprint density at radius 1 is 1.33 bits per heavy atom. The number of carbonyl (C=O) groups excluding carboxylic acids is 1. The van der Waals surface area contributed by atoms with Crippen LogP contribution in [0.25, 0.3) is 0 Å². The Balaban J connectivity index is 1.89. The van der Waals surface area contributed by atoms with Gasteiger partial charge in [-0.25, -0.2) is 10.4 Å². The Labute approximate surface area is 164 Å². The van der Waals surface area contributed by atoms with Gasteiger partial charge in [0.15, 0.2) is 5.78 Å². The topological polar surface area (TPSA) is 91.9 Å². The number of hydrogen-bond acceptors (Lipinski definition) is 8. The summed E-state index contributed by atoms with van der Waals surface area (Å²) in [6, 6.07) is 9.51. The van der Waals surface area contributed by atoms with Gasteiger partial charge in [0.05, 0.1) is 22.5 Å². The summed E-state index contributed by atoms with van der Waals surface area (Å²) in [5.41, 5.74) is 4.36. The highest BCUT2D eigenvalue weighted by atomic mass is 32.1. The number of para-hydroxylation sites is 1. The second-order valence-electron chi connectivity index (χ2n) is 5.62. The molecule has 1 aromatic carbocycles. The molecule has 0 saturated heterocycles. The predicted molar refractivity (Wildman–Crippen MR) is 109 cm³/mol. The van der Waals surface area contributed by atoms with E-state index in [0.29, 0.717) is 31.9 Å². The number of thiazole rings is 2. The first-order valence-electron chi connectivity index (χ1n) is 8.29. The monoisotopic (exact) mass is 401 g/mol. The summed E-state index contributed by atoms with van der Waals surface area (Å²) in [4.78, 5) is 22.1. The molecule has 27 heavy (non-hydrogen) atoms. The Morgan fingerprint density at radius 2 is 2.07 bits per heavy atom. The summed E-state index contributed by atoms with van der Waals surface area (Å²) in [6.45, 7) is 5.78. The number of benzene rings is 1. The lowest BCUT2D eigenvalue weighted by molar-refractivity contribution is 0.102. The van der Waals surface area contributed by atoms with Crippen molar-refractivity contribution in [3.05, 3.63) is 50.6 Å². The van der Waals surface area contributed by atoms with E-state index in [9.17, 15) is 9.90 Å². The van der Waals surface area contributed by atoms with E-state index in [4.69, 9.17) is 0 Å². The van der Waals surface area contributed by atoms with Crippen molar-refractivity contribution < 1.29 is 9.90 Å². The van der Waals surface area contributed by atoms with Gasteiger partial charge in [0.2, 0.25) is 15.8 Å². The lowest BCUT2D eigenvalue weighted by Crippen LogP contribution is -2.14. The smallest absolute Gasteiger partial charge is 0.212 e. The number of Topliss-reactive ketones (excluding diaryl/α,β-unsaturated/α-hetero) is 1. The molecule has 0 fully saturated rings. The van der Waals surface area contributed by atoms with Crippen molar-refractivity contribution in [1.29, 1.82) is 0 Å². The van der Waals surface area contributed by atoms with Crippen LogP contribution in [0.2, 0.25) is 0 Å². The average Bonchev–Trinajstić information content (AvgIpc) is 3.18. The zero-order valence-electron chi connectivity index (χ0n) is 15.1. The summed E-state index contributed by atoms with van der Waals surface area (Å²) in [7, 11) is 0. The molecule has 140 valence electrons. The molecule has 0 aliphatic rings. The van der Waals surface area contributed by atoms with E-state index >= 15 is 0 Å². The highest BCUT2D eigenvalue weighted by Crippen LogP contribution is 2.23. The molecule has 3 rings (SSSR count). The molecule has 2 heterocycles. The van der Waals surface area contributed by atoms with Crippen LogP contribution in [0.1, 0.15) is 34.1 Å². The SMILES string of the molecule is CCn1c(O)c(C=Nc2ccccc2)sc1=NNc1nc(C)c(C(C)=O)s1. The first-order valence-corrected chi connectivity index (χ1v) is 9.92. The van der Waals surface area contributed by atoms with Crippen molar-refractivity contribution in [3.63, 3.8) is 0 Å². The van der Waals surface area contributed by atoms with Gasteiger partial charge in [-0.1, -0.05) is 40.9 Å². The Kier molecular flexibility index (Phi) is 5.82. The summed E-state index contributed by atoms with van der Waals surface area (Å²) in [5, 5.41) is 15.3. The molecule has 7 nitrogen and oxygen atoms in total. The number of aliphatic imine (C=N–C) groups is 1. The molecule has 0 atom stereocenters. The van der Waals surface area contributed by atoms with Crippen molar-refractivity contribution in [1.82, 2.24) is 9.55 Å². The third-order valence-electron chi connectivity index (χ3n) is 3.68. The van der Waals surface area contributed by atoms with E-state index in [0.717, 1.165) is 5.69 Å². The highest BCUT2D eigenvalue weighted by molar-refractivity contribution is 7.17. The van der Waals surface area contributed by atoms with E-state index in [1.165, 1.54) is 29.6 Å². The lowest BCUT2D eigenvalue weighted by atomic mass is 10.3. The molecule has 0 unspecified atom stereocenters. The van der Waals surface area contributed by atoms with Gasteiger partial charge in [0.1, 0.15) is 4.88 Å². The largest absolute Gasteiger partial charge is 0.493 e. The Bertz CT molecular complexity index is 1050. The first kappa shape index (κ1) is 19.0. The van der Waals surface area contributed by atoms with Gasteiger partial charge < -0.3 is 5.11 Å². The molecule has 0 amide bonds. The third kappa shape index (κ3) is 4.32. The van der Waals surface area contributed by atoms with Gasteiger partial charge in [-0.2, -0.15) is 0 Å².